The van der Waals surface area contributed by atoms with Crippen molar-refractivity contribution in [1.82, 2.24) is 4.57 Å². The highest BCUT2D eigenvalue weighted by Gasteiger charge is 2.20. The van der Waals surface area contributed by atoms with Crippen LogP contribution in [0.25, 0.3) is 104 Å². The van der Waals surface area contributed by atoms with Crippen molar-refractivity contribution >= 4 is 82.4 Å². The summed E-state index contributed by atoms with van der Waals surface area (Å²) in [6.45, 7) is 0. The maximum atomic E-state index is 6.51. The van der Waals surface area contributed by atoms with E-state index >= 15 is 0 Å². The van der Waals surface area contributed by atoms with Gasteiger partial charge in [0.1, 0.15) is 11.2 Å². The molecule has 2 aromatic heterocycles. The molecule has 0 fully saturated rings. The monoisotopic (exact) mass is 828 g/mol. The van der Waals surface area contributed by atoms with Crippen LogP contribution in [0.5, 0.6) is 0 Å². The number of aromatic nitrogens is 1. The van der Waals surface area contributed by atoms with Crippen molar-refractivity contribution < 1.29 is 4.42 Å². The number of hydrogen-bond donors (Lipinski definition) is 0. The van der Waals surface area contributed by atoms with Gasteiger partial charge in [0.15, 0.2) is 0 Å². The summed E-state index contributed by atoms with van der Waals surface area (Å²) < 4.78 is 8.90. The Morgan fingerprint density at radius 3 is 1.71 bits per heavy atom. The van der Waals surface area contributed by atoms with Crippen LogP contribution in [-0.2, 0) is 0 Å². The first-order chi connectivity index (χ1) is 32.2. The molecule has 13 aromatic rings. The second-order valence-electron chi connectivity index (χ2n) is 16.9. The van der Waals surface area contributed by atoms with E-state index < -0.39 is 0 Å². The Kier molecular flexibility index (Phi) is 8.53. The molecule has 2 heterocycles. The van der Waals surface area contributed by atoms with E-state index in [1.54, 1.807) is 0 Å². The number of rotatable bonds is 7. The number of fused-ring (bicyclic) bond motifs is 9. The Morgan fingerprint density at radius 1 is 0.323 bits per heavy atom. The predicted molar refractivity (Wildman–Crippen MR) is 274 cm³/mol. The Hall–Kier alpha value is -8.66. The molecular weight excluding hydrogens is 789 g/mol. The standard InChI is InChI=1S/C62H40N2O/c1-3-21-50-42(14-1)16-13-26-52(50)53-23-5-8-27-58(53)63(48-19-12-18-45(39-48)46-33-37-61-57(40-46)56-36-32-43-15-2-4-22-51(43)62(56)65-61)47-34-30-41(31-35-47)44-17-11-20-49(38-44)64-59-28-9-6-24-54(59)55-25-7-10-29-60(55)64/h1-40H. The highest BCUT2D eigenvalue weighted by Crippen LogP contribution is 2.45. The Morgan fingerprint density at radius 2 is 0.908 bits per heavy atom. The molecule has 0 spiro atoms. The molecule has 0 bridgehead atoms. The molecule has 11 aromatic carbocycles. The molecule has 0 N–H and O–H groups in total. The van der Waals surface area contributed by atoms with Gasteiger partial charge in [0, 0.05) is 49.6 Å². The first-order valence-corrected chi connectivity index (χ1v) is 22.2. The van der Waals surface area contributed by atoms with Crippen molar-refractivity contribution in [3.05, 3.63) is 243 Å². The van der Waals surface area contributed by atoms with Gasteiger partial charge in [0.25, 0.3) is 0 Å². The van der Waals surface area contributed by atoms with Crippen LogP contribution in [0.4, 0.5) is 17.1 Å². The van der Waals surface area contributed by atoms with Crippen molar-refractivity contribution in [1.29, 1.82) is 0 Å². The minimum Gasteiger partial charge on any atom is -0.455 e. The lowest BCUT2D eigenvalue weighted by Crippen LogP contribution is -2.11. The molecule has 0 saturated carbocycles. The van der Waals surface area contributed by atoms with Crippen LogP contribution in [0.2, 0.25) is 0 Å². The van der Waals surface area contributed by atoms with E-state index in [2.05, 4.69) is 252 Å². The second kappa shape index (κ2) is 15.0. The van der Waals surface area contributed by atoms with E-state index in [1.165, 1.54) is 43.5 Å². The molecular formula is C62H40N2O. The Labute approximate surface area is 376 Å². The van der Waals surface area contributed by atoms with Gasteiger partial charge < -0.3 is 13.9 Å². The normalized spacial score (nSPS) is 11.7. The zero-order chi connectivity index (χ0) is 42.8. The molecule has 0 unspecified atom stereocenters. The summed E-state index contributed by atoms with van der Waals surface area (Å²) in [6, 6.07) is 87.8. The van der Waals surface area contributed by atoms with Gasteiger partial charge in [0.2, 0.25) is 0 Å². The molecule has 0 saturated heterocycles. The molecule has 3 heteroatoms. The number of furan rings is 1. The fourth-order valence-corrected chi connectivity index (χ4v) is 10.1. The van der Waals surface area contributed by atoms with Crippen LogP contribution in [0.3, 0.4) is 0 Å². The maximum Gasteiger partial charge on any atom is 0.143 e. The van der Waals surface area contributed by atoms with Crippen LogP contribution < -0.4 is 4.90 Å². The van der Waals surface area contributed by atoms with Gasteiger partial charge in [-0.25, -0.2) is 0 Å². The van der Waals surface area contributed by atoms with E-state index in [9.17, 15) is 0 Å². The van der Waals surface area contributed by atoms with E-state index in [4.69, 9.17) is 4.42 Å². The number of anilines is 3. The highest BCUT2D eigenvalue weighted by molar-refractivity contribution is 6.16. The summed E-state index contributed by atoms with van der Waals surface area (Å²) in [5.41, 5.74) is 15.6. The number of para-hydroxylation sites is 3. The molecule has 304 valence electrons. The SMILES string of the molecule is c1cc(-c2ccc3oc4c5ccccc5ccc4c3c2)cc(N(c2ccc(-c3cccc(-n4c5ccccc5c5ccccc54)c3)cc2)c2ccccc2-c2cccc3ccccc23)c1. The third kappa shape index (κ3) is 6.12. The average molecular weight is 829 g/mol. The molecule has 0 aliphatic rings. The summed E-state index contributed by atoms with van der Waals surface area (Å²) in [5.74, 6) is 0. The zero-order valence-electron chi connectivity index (χ0n) is 35.4. The smallest absolute Gasteiger partial charge is 0.143 e. The van der Waals surface area contributed by atoms with Gasteiger partial charge in [-0.05, 0) is 117 Å². The Bertz CT molecular complexity index is 3910. The lowest BCUT2D eigenvalue weighted by molar-refractivity contribution is 0.672. The zero-order valence-corrected chi connectivity index (χ0v) is 35.4. The highest BCUT2D eigenvalue weighted by atomic mass is 16.3. The van der Waals surface area contributed by atoms with Crippen molar-refractivity contribution in [2.75, 3.05) is 4.90 Å². The molecule has 3 nitrogen and oxygen atoms in total. The van der Waals surface area contributed by atoms with E-state index in [1.807, 2.05) is 0 Å². The number of benzene rings is 11. The van der Waals surface area contributed by atoms with Gasteiger partial charge >= 0.3 is 0 Å². The van der Waals surface area contributed by atoms with Crippen LogP contribution >= 0.6 is 0 Å². The molecule has 0 atom stereocenters. The minimum atomic E-state index is 0.891. The average Bonchev–Trinajstić information content (AvgIpc) is 3.93. The lowest BCUT2D eigenvalue weighted by atomic mass is 9.95. The van der Waals surface area contributed by atoms with E-state index in [-0.39, 0.29) is 0 Å². The van der Waals surface area contributed by atoms with Crippen molar-refractivity contribution in [2.24, 2.45) is 0 Å². The van der Waals surface area contributed by atoms with Crippen molar-refractivity contribution in [2.45, 2.75) is 0 Å². The lowest BCUT2D eigenvalue weighted by Gasteiger charge is -2.29. The third-order valence-electron chi connectivity index (χ3n) is 13.2. The van der Waals surface area contributed by atoms with Gasteiger partial charge in [-0.2, -0.15) is 0 Å². The number of nitrogens with zero attached hydrogens (tertiary/aromatic N) is 2. The fourth-order valence-electron chi connectivity index (χ4n) is 10.1. The largest absolute Gasteiger partial charge is 0.455 e. The topological polar surface area (TPSA) is 21.3 Å². The summed E-state index contributed by atoms with van der Waals surface area (Å²) in [4.78, 5) is 2.41. The maximum absolute atomic E-state index is 6.51. The second-order valence-corrected chi connectivity index (χ2v) is 16.9. The first-order valence-electron chi connectivity index (χ1n) is 22.2. The van der Waals surface area contributed by atoms with Gasteiger partial charge in [0.05, 0.1) is 16.7 Å². The van der Waals surface area contributed by atoms with Crippen molar-refractivity contribution in [3.8, 4) is 39.1 Å². The minimum absolute atomic E-state index is 0.891. The summed E-state index contributed by atoms with van der Waals surface area (Å²) in [6.07, 6.45) is 0. The van der Waals surface area contributed by atoms with Gasteiger partial charge in [-0.15, -0.1) is 0 Å². The van der Waals surface area contributed by atoms with Crippen LogP contribution in [0.1, 0.15) is 0 Å². The number of hydrogen-bond acceptors (Lipinski definition) is 2. The quantitative estimate of drug-likeness (QED) is 0.160. The van der Waals surface area contributed by atoms with E-state index in [0.29, 0.717) is 0 Å². The molecule has 0 amide bonds. The first kappa shape index (κ1) is 36.9. The van der Waals surface area contributed by atoms with Crippen LogP contribution in [0, 0.1) is 0 Å². The summed E-state index contributed by atoms with van der Waals surface area (Å²) in [7, 11) is 0. The summed E-state index contributed by atoms with van der Waals surface area (Å²) >= 11 is 0. The predicted octanol–water partition coefficient (Wildman–Crippen LogP) is 17.5. The van der Waals surface area contributed by atoms with Crippen LogP contribution in [-0.4, -0.2) is 4.57 Å². The summed E-state index contributed by atoms with van der Waals surface area (Å²) in [5, 5.41) is 9.51. The van der Waals surface area contributed by atoms with Gasteiger partial charge in [-0.1, -0.05) is 170 Å². The van der Waals surface area contributed by atoms with Crippen molar-refractivity contribution in [3.63, 3.8) is 0 Å². The van der Waals surface area contributed by atoms with Crippen LogP contribution in [0.15, 0.2) is 247 Å². The van der Waals surface area contributed by atoms with E-state index in [0.717, 1.165) is 77.9 Å². The molecule has 65 heavy (non-hydrogen) atoms. The third-order valence-corrected chi connectivity index (χ3v) is 13.2. The van der Waals surface area contributed by atoms with Gasteiger partial charge in [-0.3, -0.25) is 0 Å². The molecule has 0 aliphatic heterocycles. The molecule has 0 aliphatic carbocycles. The molecule has 0 radical (unpaired) electrons. The molecule has 13 rings (SSSR count). The Balaban J connectivity index is 0.944. The fraction of sp³-hybridized carbons (Fsp3) is 0.